The van der Waals surface area contributed by atoms with Crippen LogP contribution in [0.5, 0.6) is 5.75 Å². The van der Waals surface area contributed by atoms with Gasteiger partial charge in [0.05, 0.1) is 19.1 Å². The van der Waals surface area contributed by atoms with E-state index in [-0.39, 0.29) is 12.3 Å². The van der Waals surface area contributed by atoms with Crippen LogP contribution in [0.1, 0.15) is 41.7 Å². The Morgan fingerprint density at radius 1 is 1.08 bits per heavy atom. The molecule has 2 aromatic carbocycles. The largest absolute Gasteiger partial charge is 0.494 e. The number of rotatable bonds is 8. The maximum absolute atomic E-state index is 12.3. The molecule has 0 radical (unpaired) electrons. The van der Waals surface area contributed by atoms with E-state index in [0.717, 1.165) is 17.7 Å². The summed E-state index contributed by atoms with van der Waals surface area (Å²) in [6.07, 6.45) is 0.726. The highest BCUT2D eigenvalue weighted by Crippen LogP contribution is 2.21. The molecule has 0 saturated carbocycles. The van der Waals surface area contributed by atoms with Crippen molar-refractivity contribution in [3.8, 4) is 5.75 Å². The summed E-state index contributed by atoms with van der Waals surface area (Å²) < 4.78 is 5.52. The highest BCUT2D eigenvalue weighted by Gasteiger charge is 2.19. The minimum Gasteiger partial charge on any atom is -0.494 e. The van der Waals surface area contributed by atoms with Crippen molar-refractivity contribution in [1.29, 1.82) is 0 Å². The van der Waals surface area contributed by atoms with E-state index in [4.69, 9.17) is 9.84 Å². The monoisotopic (exact) mass is 327 g/mol. The van der Waals surface area contributed by atoms with E-state index in [1.54, 1.807) is 48.5 Å². The average Bonchev–Trinajstić information content (AvgIpc) is 2.60. The van der Waals surface area contributed by atoms with E-state index in [2.05, 4.69) is 5.32 Å². The minimum atomic E-state index is -0.973. The van der Waals surface area contributed by atoms with Crippen molar-refractivity contribution in [3.63, 3.8) is 0 Å². The molecule has 24 heavy (non-hydrogen) atoms. The molecule has 2 rings (SSSR count). The zero-order valence-corrected chi connectivity index (χ0v) is 13.6. The lowest BCUT2D eigenvalue weighted by atomic mass is 10.0. The van der Waals surface area contributed by atoms with Crippen LogP contribution in [0.2, 0.25) is 0 Å². The number of carboxylic acids is 1. The number of carbonyl (C=O) groups excluding carboxylic acids is 1. The second kappa shape index (κ2) is 8.72. The number of amides is 1. The maximum atomic E-state index is 12.3. The second-order valence-electron chi connectivity index (χ2n) is 5.41. The molecule has 0 spiro atoms. The first-order valence-corrected chi connectivity index (χ1v) is 7.90. The third kappa shape index (κ3) is 5.12. The van der Waals surface area contributed by atoms with Gasteiger partial charge in [-0.1, -0.05) is 37.3 Å². The molecule has 0 aliphatic rings. The van der Waals surface area contributed by atoms with Gasteiger partial charge in [-0.25, -0.2) is 0 Å². The van der Waals surface area contributed by atoms with Crippen LogP contribution in [0.25, 0.3) is 0 Å². The first kappa shape index (κ1) is 17.5. The zero-order valence-electron chi connectivity index (χ0n) is 13.6. The number of aliphatic carboxylic acids is 1. The lowest BCUT2D eigenvalue weighted by Gasteiger charge is -2.18. The summed E-state index contributed by atoms with van der Waals surface area (Å²) in [5.74, 6) is -0.545. The molecule has 2 N–H and O–H groups in total. The van der Waals surface area contributed by atoms with Gasteiger partial charge in [-0.15, -0.1) is 0 Å². The van der Waals surface area contributed by atoms with Gasteiger partial charge in [0.2, 0.25) is 0 Å². The molecule has 0 aliphatic carbocycles. The van der Waals surface area contributed by atoms with Crippen LogP contribution >= 0.6 is 0 Å². The van der Waals surface area contributed by atoms with Crippen LogP contribution in [0.4, 0.5) is 0 Å². The summed E-state index contributed by atoms with van der Waals surface area (Å²) in [5.41, 5.74) is 1.22. The lowest BCUT2D eigenvalue weighted by molar-refractivity contribution is -0.137. The Labute approximate surface area is 141 Å². The molecule has 126 valence electrons. The summed E-state index contributed by atoms with van der Waals surface area (Å²) >= 11 is 0. The first-order chi connectivity index (χ1) is 11.6. The Morgan fingerprint density at radius 2 is 1.75 bits per heavy atom. The summed E-state index contributed by atoms with van der Waals surface area (Å²) in [4.78, 5) is 23.4. The number of carboxylic acid groups (broad SMARTS) is 1. The van der Waals surface area contributed by atoms with E-state index in [1.165, 1.54) is 0 Å². The fourth-order valence-corrected chi connectivity index (χ4v) is 2.27. The maximum Gasteiger partial charge on any atom is 0.305 e. The number of ether oxygens (including phenoxy) is 1. The Kier molecular flexibility index (Phi) is 6.37. The van der Waals surface area contributed by atoms with Crippen molar-refractivity contribution in [2.45, 2.75) is 25.8 Å². The SMILES string of the molecule is CCCOc1ccc(C(CC(=O)O)NC(=O)c2ccccc2)cc1. The zero-order chi connectivity index (χ0) is 17.4. The Morgan fingerprint density at radius 3 is 2.33 bits per heavy atom. The molecular formula is C19H21NO4. The van der Waals surface area contributed by atoms with Crippen LogP contribution in [-0.2, 0) is 4.79 Å². The summed E-state index contributed by atoms with van der Waals surface area (Å²) in [5, 5.41) is 11.9. The Bertz CT molecular complexity index is 668. The topological polar surface area (TPSA) is 75.6 Å². The molecule has 0 bridgehead atoms. The lowest BCUT2D eigenvalue weighted by Crippen LogP contribution is -2.30. The highest BCUT2D eigenvalue weighted by atomic mass is 16.5. The molecule has 1 amide bonds. The average molecular weight is 327 g/mol. The molecule has 2 aromatic rings. The minimum absolute atomic E-state index is 0.187. The van der Waals surface area contributed by atoms with Gasteiger partial charge in [-0.05, 0) is 36.2 Å². The normalized spacial score (nSPS) is 11.5. The number of hydrogen-bond donors (Lipinski definition) is 2. The fraction of sp³-hybridized carbons (Fsp3) is 0.263. The molecule has 0 fully saturated rings. The van der Waals surface area contributed by atoms with Crippen LogP contribution in [0.3, 0.4) is 0 Å². The predicted octanol–water partition coefficient (Wildman–Crippen LogP) is 3.42. The van der Waals surface area contributed by atoms with Gasteiger partial charge < -0.3 is 15.2 Å². The smallest absolute Gasteiger partial charge is 0.305 e. The molecule has 1 atom stereocenters. The van der Waals surface area contributed by atoms with E-state index >= 15 is 0 Å². The van der Waals surface area contributed by atoms with Crippen LogP contribution in [0.15, 0.2) is 54.6 Å². The van der Waals surface area contributed by atoms with Gasteiger partial charge in [0.15, 0.2) is 0 Å². The summed E-state index contributed by atoms with van der Waals surface area (Å²) in [6, 6.07) is 15.3. The molecule has 0 aliphatic heterocycles. The highest BCUT2D eigenvalue weighted by molar-refractivity contribution is 5.94. The fourth-order valence-electron chi connectivity index (χ4n) is 2.27. The second-order valence-corrected chi connectivity index (χ2v) is 5.41. The summed E-state index contributed by atoms with van der Waals surface area (Å²) in [7, 11) is 0. The van der Waals surface area contributed by atoms with Crippen molar-refractivity contribution < 1.29 is 19.4 Å². The van der Waals surface area contributed by atoms with Gasteiger partial charge in [0.1, 0.15) is 5.75 Å². The van der Waals surface area contributed by atoms with Crippen molar-refractivity contribution in [2.75, 3.05) is 6.61 Å². The number of nitrogens with one attached hydrogen (secondary N) is 1. The molecular weight excluding hydrogens is 306 g/mol. The van der Waals surface area contributed by atoms with Crippen LogP contribution in [0, 0.1) is 0 Å². The van der Waals surface area contributed by atoms with Crippen molar-refractivity contribution in [1.82, 2.24) is 5.32 Å². The molecule has 0 aromatic heterocycles. The number of carbonyl (C=O) groups is 2. The van der Waals surface area contributed by atoms with Crippen molar-refractivity contribution >= 4 is 11.9 Å². The predicted molar refractivity (Wildman–Crippen MR) is 91.1 cm³/mol. The van der Waals surface area contributed by atoms with Crippen molar-refractivity contribution in [2.24, 2.45) is 0 Å². The van der Waals surface area contributed by atoms with Gasteiger partial charge in [-0.3, -0.25) is 9.59 Å². The quantitative estimate of drug-likeness (QED) is 0.779. The molecule has 5 heteroatoms. The van der Waals surface area contributed by atoms with E-state index in [0.29, 0.717) is 12.2 Å². The van der Waals surface area contributed by atoms with Gasteiger partial charge in [0.25, 0.3) is 5.91 Å². The third-order valence-electron chi connectivity index (χ3n) is 3.48. The Hall–Kier alpha value is -2.82. The van der Waals surface area contributed by atoms with Crippen LogP contribution < -0.4 is 10.1 Å². The first-order valence-electron chi connectivity index (χ1n) is 7.90. The number of hydrogen-bond acceptors (Lipinski definition) is 3. The standard InChI is InChI=1S/C19H21NO4/c1-2-12-24-16-10-8-14(9-11-16)17(13-18(21)22)20-19(23)15-6-4-3-5-7-15/h3-11,17H,2,12-13H2,1H3,(H,20,23)(H,21,22). The van der Waals surface area contributed by atoms with Gasteiger partial charge in [-0.2, -0.15) is 0 Å². The molecule has 0 heterocycles. The molecule has 1 unspecified atom stereocenters. The molecule has 5 nitrogen and oxygen atoms in total. The van der Waals surface area contributed by atoms with Crippen LogP contribution in [-0.4, -0.2) is 23.6 Å². The number of benzene rings is 2. The summed E-state index contributed by atoms with van der Waals surface area (Å²) in [6.45, 7) is 2.65. The third-order valence-corrected chi connectivity index (χ3v) is 3.48. The Balaban J connectivity index is 2.12. The molecule has 0 saturated heterocycles. The van der Waals surface area contributed by atoms with E-state index < -0.39 is 12.0 Å². The van der Waals surface area contributed by atoms with Gasteiger partial charge >= 0.3 is 5.97 Å². The van der Waals surface area contributed by atoms with Gasteiger partial charge in [0, 0.05) is 5.56 Å². The van der Waals surface area contributed by atoms with E-state index in [9.17, 15) is 9.59 Å². The van der Waals surface area contributed by atoms with Crippen molar-refractivity contribution in [3.05, 3.63) is 65.7 Å². The van der Waals surface area contributed by atoms with E-state index in [1.807, 2.05) is 13.0 Å².